The van der Waals surface area contributed by atoms with Crippen molar-refractivity contribution in [1.29, 1.82) is 0 Å². The van der Waals surface area contributed by atoms with Gasteiger partial charge in [-0.3, -0.25) is 0 Å². The molecule has 0 radical (unpaired) electrons. The lowest BCUT2D eigenvalue weighted by Crippen LogP contribution is -2.36. The molecule has 0 saturated carbocycles. The lowest BCUT2D eigenvalue weighted by Gasteiger charge is -2.24. The van der Waals surface area contributed by atoms with E-state index in [9.17, 15) is 4.79 Å². The van der Waals surface area contributed by atoms with Crippen molar-refractivity contribution in [2.45, 2.75) is 26.4 Å². The van der Waals surface area contributed by atoms with Gasteiger partial charge >= 0.3 is 6.09 Å². The van der Waals surface area contributed by atoms with Gasteiger partial charge < -0.3 is 14.4 Å². The molecule has 0 aliphatic rings. The normalized spacial score (nSPS) is 10.6. The van der Waals surface area contributed by atoms with Crippen molar-refractivity contribution in [2.24, 2.45) is 0 Å². The fourth-order valence-corrected chi connectivity index (χ4v) is 0.764. The highest BCUT2D eigenvalue weighted by Gasteiger charge is 2.18. The van der Waals surface area contributed by atoms with Crippen LogP contribution in [-0.4, -0.2) is 43.4 Å². The maximum absolute atomic E-state index is 11.4. The number of terminal acetylenes is 1. The maximum atomic E-state index is 11.4. The van der Waals surface area contributed by atoms with Crippen LogP contribution in [0.2, 0.25) is 0 Å². The molecule has 0 fully saturated rings. The first-order valence-electron chi connectivity index (χ1n) is 4.82. The average molecular weight is 213 g/mol. The molecule has 0 atom stereocenters. The molecule has 0 spiro atoms. The first-order chi connectivity index (χ1) is 6.87. The number of carbonyl (C=O) groups excluding carboxylic acids is 1. The zero-order valence-electron chi connectivity index (χ0n) is 9.87. The minimum absolute atomic E-state index is 0.266. The molecule has 0 unspecified atom stereocenters. The van der Waals surface area contributed by atoms with Gasteiger partial charge in [-0.05, 0) is 20.8 Å². The SMILES string of the molecule is C#CCOCCN(C)C(=O)OC(C)(C)C. The third-order valence-corrected chi connectivity index (χ3v) is 1.46. The van der Waals surface area contributed by atoms with Crippen LogP contribution in [0, 0.1) is 12.3 Å². The second-order valence-corrected chi connectivity index (χ2v) is 4.16. The molecule has 0 aliphatic heterocycles. The summed E-state index contributed by atoms with van der Waals surface area (Å²) < 4.78 is 10.2. The summed E-state index contributed by atoms with van der Waals surface area (Å²) in [5.74, 6) is 2.35. The van der Waals surface area contributed by atoms with E-state index in [0.717, 1.165) is 0 Å². The van der Waals surface area contributed by atoms with Crippen molar-refractivity contribution in [2.75, 3.05) is 26.8 Å². The van der Waals surface area contributed by atoms with Gasteiger partial charge in [-0.25, -0.2) is 4.79 Å². The zero-order valence-corrected chi connectivity index (χ0v) is 9.87. The predicted octanol–water partition coefficient (Wildman–Crippen LogP) is 1.50. The summed E-state index contributed by atoms with van der Waals surface area (Å²) in [5.41, 5.74) is -0.467. The molecule has 0 aromatic carbocycles. The molecule has 0 rings (SSSR count). The number of rotatable bonds is 4. The predicted molar refractivity (Wildman–Crippen MR) is 58.5 cm³/mol. The standard InChI is InChI=1S/C11H19NO3/c1-6-8-14-9-7-12(5)10(13)15-11(2,3)4/h1H,7-9H2,2-5H3. The van der Waals surface area contributed by atoms with Crippen LogP contribution in [0.5, 0.6) is 0 Å². The van der Waals surface area contributed by atoms with E-state index >= 15 is 0 Å². The van der Waals surface area contributed by atoms with Gasteiger partial charge in [-0.2, -0.15) is 0 Å². The number of nitrogens with zero attached hydrogens (tertiary/aromatic N) is 1. The van der Waals surface area contributed by atoms with E-state index in [0.29, 0.717) is 13.2 Å². The fraction of sp³-hybridized carbons (Fsp3) is 0.727. The first kappa shape index (κ1) is 13.8. The molecule has 86 valence electrons. The van der Waals surface area contributed by atoms with Gasteiger partial charge in [0.15, 0.2) is 0 Å². The van der Waals surface area contributed by atoms with Gasteiger partial charge in [0, 0.05) is 13.6 Å². The van der Waals surface area contributed by atoms with E-state index in [-0.39, 0.29) is 12.7 Å². The summed E-state index contributed by atoms with van der Waals surface area (Å²) in [7, 11) is 1.66. The minimum atomic E-state index is -0.467. The maximum Gasteiger partial charge on any atom is 0.410 e. The monoisotopic (exact) mass is 213 g/mol. The molecule has 4 heteroatoms. The van der Waals surface area contributed by atoms with Gasteiger partial charge in [0.25, 0.3) is 0 Å². The minimum Gasteiger partial charge on any atom is -0.444 e. The Morgan fingerprint density at radius 1 is 1.47 bits per heavy atom. The van der Waals surface area contributed by atoms with Crippen LogP contribution in [0.15, 0.2) is 0 Å². The van der Waals surface area contributed by atoms with Crippen molar-refractivity contribution in [3.63, 3.8) is 0 Å². The van der Waals surface area contributed by atoms with E-state index in [1.807, 2.05) is 20.8 Å². The van der Waals surface area contributed by atoms with Gasteiger partial charge in [0.1, 0.15) is 12.2 Å². The first-order valence-corrected chi connectivity index (χ1v) is 4.82. The van der Waals surface area contributed by atoms with E-state index in [4.69, 9.17) is 15.9 Å². The summed E-state index contributed by atoms with van der Waals surface area (Å²) in [5, 5.41) is 0. The molecule has 0 aromatic rings. The third kappa shape index (κ3) is 7.83. The highest BCUT2D eigenvalue weighted by Crippen LogP contribution is 2.08. The van der Waals surface area contributed by atoms with Crippen molar-refractivity contribution < 1.29 is 14.3 Å². The van der Waals surface area contributed by atoms with Crippen LogP contribution in [0.4, 0.5) is 4.79 Å². The largest absolute Gasteiger partial charge is 0.444 e. The van der Waals surface area contributed by atoms with Crippen LogP contribution in [-0.2, 0) is 9.47 Å². The Morgan fingerprint density at radius 3 is 2.53 bits per heavy atom. The van der Waals surface area contributed by atoms with Gasteiger partial charge in [-0.1, -0.05) is 5.92 Å². The lowest BCUT2D eigenvalue weighted by molar-refractivity contribution is 0.0246. The molecular formula is C11H19NO3. The number of hydrogen-bond donors (Lipinski definition) is 0. The number of likely N-dealkylation sites (N-methyl/N-ethyl adjacent to an activating group) is 1. The molecule has 1 amide bonds. The molecule has 0 aromatic heterocycles. The molecule has 4 nitrogen and oxygen atoms in total. The Bertz CT molecular complexity index is 237. The number of carbonyl (C=O) groups is 1. The number of ether oxygens (including phenoxy) is 2. The van der Waals surface area contributed by atoms with E-state index in [2.05, 4.69) is 5.92 Å². The number of amides is 1. The molecule has 0 saturated heterocycles. The highest BCUT2D eigenvalue weighted by molar-refractivity contribution is 5.67. The van der Waals surface area contributed by atoms with E-state index < -0.39 is 5.60 Å². The van der Waals surface area contributed by atoms with Crippen LogP contribution in [0.1, 0.15) is 20.8 Å². The topological polar surface area (TPSA) is 38.8 Å². The lowest BCUT2D eigenvalue weighted by atomic mass is 10.2. The van der Waals surface area contributed by atoms with E-state index in [1.54, 1.807) is 7.05 Å². The molecule has 0 bridgehead atoms. The van der Waals surface area contributed by atoms with Crippen molar-refractivity contribution in [1.82, 2.24) is 4.90 Å². The molecule has 0 aliphatic carbocycles. The van der Waals surface area contributed by atoms with Gasteiger partial charge in [0.2, 0.25) is 0 Å². The van der Waals surface area contributed by atoms with Crippen LogP contribution in [0.25, 0.3) is 0 Å². The Labute approximate surface area is 91.5 Å². The molecular weight excluding hydrogens is 194 g/mol. The van der Waals surface area contributed by atoms with Crippen LogP contribution >= 0.6 is 0 Å². The molecule has 0 N–H and O–H groups in total. The zero-order chi connectivity index (χ0) is 11.9. The number of hydrogen-bond acceptors (Lipinski definition) is 3. The summed E-state index contributed by atoms with van der Waals surface area (Å²) in [6, 6.07) is 0. The summed E-state index contributed by atoms with van der Waals surface area (Å²) in [6.07, 6.45) is 4.65. The van der Waals surface area contributed by atoms with Crippen LogP contribution in [0.3, 0.4) is 0 Å². The smallest absolute Gasteiger partial charge is 0.410 e. The highest BCUT2D eigenvalue weighted by atomic mass is 16.6. The third-order valence-electron chi connectivity index (χ3n) is 1.46. The second kappa shape index (κ2) is 6.31. The molecule has 15 heavy (non-hydrogen) atoms. The molecule has 0 heterocycles. The second-order valence-electron chi connectivity index (χ2n) is 4.16. The Hall–Kier alpha value is -1.21. The Kier molecular flexibility index (Phi) is 5.80. The Morgan fingerprint density at radius 2 is 2.07 bits per heavy atom. The summed E-state index contributed by atoms with van der Waals surface area (Å²) in [6.45, 7) is 6.63. The summed E-state index contributed by atoms with van der Waals surface area (Å²) >= 11 is 0. The van der Waals surface area contributed by atoms with Crippen molar-refractivity contribution >= 4 is 6.09 Å². The Balaban J connectivity index is 3.76. The van der Waals surface area contributed by atoms with E-state index in [1.165, 1.54) is 4.90 Å². The van der Waals surface area contributed by atoms with Gasteiger partial charge in [-0.15, -0.1) is 6.42 Å². The van der Waals surface area contributed by atoms with Crippen molar-refractivity contribution in [3.05, 3.63) is 0 Å². The van der Waals surface area contributed by atoms with Crippen molar-refractivity contribution in [3.8, 4) is 12.3 Å². The van der Waals surface area contributed by atoms with Crippen LogP contribution < -0.4 is 0 Å². The van der Waals surface area contributed by atoms with Gasteiger partial charge in [0.05, 0.1) is 6.61 Å². The summed E-state index contributed by atoms with van der Waals surface area (Å²) in [4.78, 5) is 12.9. The fourth-order valence-electron chi connectivity index (χ4n) is 0.764. The quantitative estimate of drug-likeness (QED) is 0.525. The average Bonchev–Trinajstić information content (AvgIpc) is 2.09.